The second-order valence-corrected chi connectivity index (χ2v) is 3.03. The van der Waals surface area contributed by atoms with Crippen LogP contribution in [-0.4, -0.2) is 20.7 Å². The van der Waals surface area contributed by atoms with Crippen molar-refractivity contribution in [3.8, 4) is 11.8 Å². The highest BCUT2D eigenvalue weighted by molar-refractivity contribution is 5.56. The first-order valence-corrected chi connectivity index (χ1v) is 4.71. The molecule has 0 aromatic heterocycles. The first-order chi connectivity index (χ1) is 7.31. The van der Waals surface area contributed by atoms with Gasteiger partial charge in [-0.1, -0.05) is 18.2 Å². The van der Waals surface area contributed by atoms with Gasteiger partial charge in [-0.25, -0.2) is 0 Å². The number of ether oxygens (including phenoxy) is 1. The molecular formula is C12H14N2O. The number of hydrogen-bond acceptors (Lipinski definition) is 3. The van der Waals surface area contributed by atoms with Crippen molar-refractivity contribution in [2.75, 3.05) is 20.7 Å². The van der Waals surface area contributed by atoms with Gasteiger partial charge < -0.3 is 10.1 Å². The highest BCUT2D eigenvalue weighted by Crippen LogP contribution is 2.19. The zero-order chi connectivity index (χ0) is 11.1. The van der Waals surface area contributed by atoms with Gasteiger partial charge >= 0.3 is 0 Å². The van der Waals surface area contributed by atoms with Crippen LogP contribution < -0.4 is 10.1 Å². The lowest BCUT2D eigenvalue weighted by Crippen LogP contribution is -2.03. The van der Waals surface area contributed by atoms with Crippen molar-refractivity contribution in [2.24, 2.45) is 0 Å². The molecule has 1 N–H and O–H groups in total. The molecule has 0 saturated carbocycles. The van der Waals surface area contributed by atoms with E-state index in [2.05, 4.69) is 11.4 Å². The Bertz CT molecular complexity index is 391. The van der Waals surface area contributed by atoms with E-state index < -0.39 is 0 Å². The number of methoxy groups -OCH3 is 1. The van der Waals surface area contributed by atoms with Crippen LogP contribution in [0.5, 0.6) is 5.75 Å². The summed E-state index contributed by atoms with van der Waals surface area (Å²) in [7, 11) is 3.46. The van der Waals surface area contributed by atoms with Gasteiger partial charge in [-0.15, -0.1) is 0 Å². The highest BCUT2D eigenvalue weighted by Gasteiger charge is 2.01. The van der Waals surface area contributed by atoms with Gasteiger partial charge in [0, 0.05) is 6.54 Å². The Morgan fingerprint density at radius 3 is 2.93 bits per heavy atom. The van der Waals surface area contributed by atoms with Crippen molar-refractivity contribution >= 4 is 6.08 Å². The maximum absolute atomic E-state index is 8.80. The normalized spacial score (nSPS) is 10.2. The summed E-state index contributed by atoms with van der Waals surface area (Å²) in [6.07, 6.45) is 4.00. The number of likely N-dealkylation sites (N-methyl/N-ethyl adjacent to an activating group) is 1. The minimum absolute atomic E-state index is 0.559. The second kappa shape index (κ2) is 5.84. The molecule has 0 atom stereocenters. The van der Waals surface area contributed by atoms with E-state index >= 15 is 0 Å². The predicted octanol–water partition coefficient (Wildman–Crippen LogP) is 1.80. The number of nitrogens with one attached hydrogen (secondary N) is 1. The Kier molecular flexibility index (Phi) is 4.39. The minimum atomic E-state index is 0.559. The van der Waals surface area contributed by atoms with Crippen LogP contribution in [0, 0.1) is 11.3 Å². The molecule has 78 valence electrons. The minimum Gasteiger partial charge on any atom is -0.495 e. The molecule has 1 aromatic carbocycles. The number of benzene rings is 1. The molecule has 0 unspecified atom stereocenters. The molecule has 0 bridgehead atoms. The Hall–Kier alpha value is -1.79. The summed E-state index contributed by atoms with van der Waals surface area (Å²) in [5.41, 5.74) is 1.59. The van der Waals surface area contributed by atoms with E-state index in [-0.39, 0.29) is 0 Å². The lowest BCUT2D eigenvalue weighted by atomic mass is 10.1. The summed E-state index contributed by atoms with van der Waals surface area (Å²) in [4.78, 5) is 0. The van der Waals surface area contributed by atoms with Crippen LogP contribution in [0.2, 0.25) is 0 Å². The largest absolute Gasteiger partial charge is 0.495 e. The van der Waals surface area contributed by atoms with Crippen LogP contribution >= 0.6 is 0 Å². The molecule has 15 heavy (non-hydrogen) atoms. The van der Waals surface area contributed by atoms with Crippen molar-refractivity contribution in [1.82, 2.24) is 5.32 Å². The maximum atomic E-state index is 8.80. The lowest BCUT2D eigenvalue weighted by molar-refractivity contribution is 0.413. The van der Waals surface area contributed by atoms with Crippen LogP contribution in [0.3, 0.4) is 0 Å². The van der Waals surface area contributed by atoms with E-state index in [0.29, 0.717) is 11.3 Å². The molecular weight excluding hydrogens is 188 g/mol. The number of nitriles is 1. The topological polar surface area (TPSA) is 45.0 Å². The van der Waals surface area contributed by atoms with Crippen molar-refractivity contribution in [3.05, 3.63) is 35.4 Å². The highest BCUT2D eigenvalue weighted by atomic mass is 16.5. The summed E-state index contributed by atoms with van der Waals surface area (Å²) >= 11 is 0. The van der Waals surface area contributed by atoms with Crippen molar-refractivity contribution in [3.63, 3.8) is 0 Å². The predicted molar refractivity (Wildman–Crippen MR) is 60.7 cm³/mol. The molecule has 0 radical (unpaired) electrons. The Labute approximate surface area is 90.0 Å². The molecule has 3 heteroatoms. The molecule has 3 nitrogen and oxygen atoms in total. The van der Waals surface area contributed by atoms with Gasteiger partial charge in [0.25, 0.3) is 0 Å². The second-order valence-electron chi connectivity index (χ2n) is 3.03. The SMILES string of the molecule is CNCC=Cc1ccc(C#N)c(OC)c1. The van der Waals surface area contributed by atoms with E-state index in [9.17, 15) is 0 Å². The maximum Gasteiger partial charge on any atom is 0.137 e. The summed E-state index contributed by atoms with van der Waals surface area (Å²) < 4.78 is 5.11. The fourth-order valence-electron chi connectivity index (χ4n) is 1.22. The first kappa shape index (κ1) is 11.3. The molecule has 0 heterocycles. The Morgan fingerprint density at radius 2 is 2.33 bits per heavy atom. The van der Waals surface area contributed by atoms with Gasteiger partial charge in [-0.05, 0) is 24.7 Å². The van der Waals surface area contributed by atoms with Gasteiger partial charge in [0.05, 0.1) is 12.7 Å². The zero-order valence-electron chi connectivity index (χ0n) is 8.95. The fraction of sp³-hybridized carbons (Fsp3) is 0.250. The Morgan fingerprint density at radius 1 is 1.53 bits per heavy atom. The van der Waals surface area contributed by atoms with Gasteiger partial charge in [0.1, 0.15) is 11.8 Å². The standard InChI is InChI=1S/C12H14N2O/c1-14-7-3-4-10-5-6-11(9-13)12(8-10)15-2/h3-6,8,14H,7H2,1-2H3. The molecule has 0 aliphatic heterocycles. The molecule has 0 fully saturated rings. The van der Waals surface area contributed by atoms with Crippen molar-refractivity contribution in [1.29, 1.82) is 5.26 Å². The summed E-state index contributed by atoms with van der Waals surface area (Å²) in [5.74, 6) is 0.615. The summed E-state index contributed by atoms with van der Waals surface area (Å²) in [6, 6.07) is 7.59. The molecule has 1 aromatic rings. The van der Waals surface area contributed by atoms with E-state index in [1.807, 2.05) is 31.3 Å². The smallest absolute Gasteiger partial charge is 0.137 e. The Balaban J connectivity index is 2.89. The third kappa shape index (κ3) is 3.12. The average molecular weight is 202 g/mol. The van der Waals surface area contributed by atoms with Crippen LogP contribution in [0.25, 0.3) is 6.08 Å². The van der Waals surface area contributed by atoms with Crippen LogP contribution in [0.4, 0.5) is 0 Å². The quantitative estimate of drug-likeness (QED) is 0.809. The van der Waals surface area contributed by atoms with E-state index in [4.69, 9.17) is 10.00 Å². The van der Waals surface area contributed by atoms with Crippen molar-refractivity contribution < 1.29 is 4.74 Å². The van der Waals surface area contributed by atoms with Gasteiger partial charge in [-0.3, -0.25) is 0 Å². The molecule has 0 spiro atoms. The average Bonchev–Trinajstić information content (AvgIpc) is 2.29. The monoisotopic (exact) mass is 202 g/mol. The molecule has 0 aliphatic rings. The number of hydrogen-bond donors (Lipinski definition) is 1. The summed E-state index contributed by atoms with van der Waals surface area (Å²) in [6.45, 7) is 0.822. The number of rotatable bonds is 4. The van der Waals surface area contributed by atoms with E-state index in [0.717, 1.165) is 12.1 Å². The van der Waals surface area contributed by atoms with Gasteiger partial charge in [-0.2, -0.15) is 5.26 Å². The number of nitrogens with zero attached hydrogens (tertiary/aromatic N) is 1. The lowest BCUT2D eigenvalue weighted by Gasteiger charge is -2.03. The molecule has 0 amide bonds. The van der Waals surface area contributed by atoms with E-state index in [1.165, 1.54) is 0 Å². The molecule has 0 aliphatic carbocycles. The molecule has 1 rings (SSSR count). The third-order valence-electron chi connectivity index (χ3n) is 1.98. The van der Waals surface area contributed by atoms with Gasteiger partial charge in [0.2, 0.25) is 0 Å². The first-order valence-electron chi connectivity index (χ1n) is 4.71. The fourth-order valence-corrected chi connectivity index (χ4v) is 1.22. The van der Waals surface area contributed by atoms with Crippen molar-refractivity contribution in [2.45, 2.75) is 0 Å². The van der Waals surface area contributed by atoms with E-state index in [1.54, 1.807) is 13.2 Å². The van der Waals surface area contributed by atoms with Crippen LogP contribution in [-0.2, 0) is 0 Å². The van der Waals surface area contributed by atoms with Crippen LogP contribution in [0.15, 0.2) is 24.3 Å². The van der Waals surface area contributed by atoms with Gasteiger partial charge in [0.15, 0.2) is 0 Å². The van der Waals surface area contributed by atoms with Crippen LogP contribution in [0.1, 0.15) is 11.1 Å². The zero-order valence-corrected chi connectivity index (χ0v) is 8.95. The third-order valence-corrected chi connectivity index (χ3v) is 1.98. The summed E-state index contributed by atoms with van der Waals surface area (Å²) in [5, 5.41) is 11.8. The molecule has 0 saturated heterocycles.